The highest BCUT2D eigenvalue weighted by molar-refractivity contribution is 5.87. The zero-order chi connectivity index (χ0) is 15.1. The summed E-state index contributed by atoms with van der Waals surface area (Å²) in [5.74, 6) is -1.13. The van der Waals surface area contributed by atoms with Crippen molar-refractivity contribution in [2.24, 2.45) is 0 Å². The molecule has 6 nitrogen and oxygen atoms in total. The van der Waals surface area contributed by atoms with E-state index in [1.165, 1.54) is 10.6 Å². The largest absolute Gasteiger partial charge is 0.477 e. The highest BCUT2D eigenvalue weighted by atomic mass is 16.5. The fourth-order valence-corrected chi connectivity index (χ4v) is 1.98. The standard InChI is InChI=1S/C14H22N2O4/c1-4-11(2)16(8-9-20-3)13(17)10-15-7-5-6-12(15)14(18)19/h5-7,11H,4,8-10H2,1-3H3,(H,18,19). The summed E-state index contributed by atoms with van der Waals surface area (Å²) in [7, 11) is 1.59. The predicted octanol–water partition coefficient (Wildman–Crippen LogP) is 1.46. The molecule has 0 radical (unpaired) electrons. The van der Waals surface area contributed by atoms with Crippen LogP contribution in [0.5, 0.6) is 0 Å². The number of carboxylic acid groups (broad SMARTS) is 1. The number of aromatic nitrogens is 1. The second-order valence-corrected chi connectivity index (χ2v) is 4.66. The molecule has 0 saturated carbocycles. The molecule has 6 heteroatoms. The van der Waals surface area contributed by atoms with Crippen molar-refractivity contribution in [3.8, 4) is 0 Å². The number of aromatic carboxylic acids is 1. The van der Waals surface area contributed by atoms with E-state index in [1.54, 1.807) is 24.3 Å². The zero-order valence-electron chi connectivity index (χ0n) is 12.2. The number of rotatable bonds is 8. The fourth-order valence-electron chi connectivity index (χ4n) is 1.98. The second-order valence-electron chi connectivity index (χ2n) is 4.66. The van der Waals surface area contributed by atoms with Gasteiger partial charge in [-0.2, -0.15) is 0 Å². The molecule has 0 fully saturated rings. The van der Waals surface area contributed by atoms with Gasteiger partial charge in [-0.05, 0) is 25.5 Å². The van der Waals surface area contributed by atoms with E-state index in [0.717, 1.165) is 6.42 Å². The molecule has 0 aliphatic carbocycles. The molecule has 1 N–H and O–H groups in total. The minimum Gasteiger partial charge on any atom is -0.477 e. The summed E-state index contributed by atoms with van der Waals surface area (Å²) in [4.78, 5) is 25.1. The number of carbonyl (C=O) groups is 2. The van der Waals surface area contributed by atoms with Crippen LogP contribution < -0.4 is 0 Å². The van der Waals surface area contributed by atoms with Gasteiger partial charge in [-0.1, -0.05) is 6.92 Å². The molecule has 0 aliphatic heterocycles. The molecule has 20 heavy (non-hydrogen) atoms. The number of carbonyl (C=O) groups excluding carboxylic acids is 1. The first kappa shape index (κ1) is 16.2. The first-order chi connectivity index (χ1) is 9.51. The summed E-state index contributed by atoms with van der Waals surface area (Å²) >= 11 is 0. The maximum absolute atomic E-state index is 12.3. The maximum Gasteiger partial charge on any atom is 0.352 e. The van der Waals surface area contributed by atoms with E-state index in [-0.39, 0.29) is 24.2 Å². The van der Waals surface area contributed by atoms with Crippen LogP contribution in [0.4, 0.5) is 0 Å². The first-order valence-electron chi connectivity index (χ1n) is 6.68. The van der Waals surface area contributed by atoms with Gasteiger partial charge in [0.2, 0.25) is 5.91 Å². The van der Waals surface area contributed by atoms with Crippen LogP contribution in [0.3, 0.4) is 0 Å². The van der Waals surface area contributed by atoms with Crippen molar-refractivity contribution in [2.75, 3.05) is 20.3 Å². The fraction of sp³-hybridized carbons (Fsp3) is 0.571. The van der Waals surface area contributed by atoms with Gasteiger partial charge in [0, 0.05) is 25.9 Å². The number of carboxylic acids is 1. The Morgan fingerprint density at radius 2 is 2.20 bits per heavy atom. The van der Waals surface area contributed by atoms with Crippen LogP contribution in [-0.4, -0.2) is 52.8 Å². The van der Waals surface area contributed by atoms with Crippen molar-refractivity contribution < 1.29 is 19.4 Å². The molecule has 0 aromatic carbocycles. The van der Waals surface area contributed by atoms with E-state index in [1.807, 2.05) is 13.8 Å². The summed E-state index contributed by atoms with van der Waals surface area (Å²) in [6.07, 6.45) is 2.44. The quantitative estimate of drug-likeness (QED) is 0.783. The Labute approximate surface area is 118 Å². The second kappa shape index (κ2) is 7.69. The lowest BCUT2D eigenvalue weighted by Gasteiger charge is -2.28. The summed E-state index contributed by atoms with van der Waals surface area (Å²) in [5, 5.41) is 9.04. The Morgan fingerprint density at radius 3 is 2.75 bits per heavy atom. The molecule has 1 unspecified atom stereocenters. The third-order valence-corrected chi connectivity index (χ3v) is 3.33. The lowest BCUT2D eigenvalue weighted by molar-refractivity contribution is -0.134. The van der Waals surface area contributed by atoms with E-state index >= 15 is 0 Å². The number of hydrogen-bond donors (Lipinski definition) is 1. The molecule has 112 valence electrons. The number of ether oxygens (including phenoxy) is 1. The van der Waals surface area contributed by atoms with Crippen molar-refractivity contribution >= 4 is 11.9 Å². The van der Waals surface area contributed by atoms with Crippen molar-refractivity contribution in [2.45, 2.75) is 32.9 Å². The molecule has 1 atom stereocenters. The Morgan fingerprint density at radius 1 is 1.50 bits per heavy atom. The van der Waals surface area contributed by atoms with Crippen LogP contribution in [0.25, 0.3) is 0 Å². The zero-order valence-corrected chi connectivity index (χ0v) is 12.2. The van der Waals surface area contributed by atoms with E-state index < -0.39 is 5.97 Å². The highest BCUT2D eigenvalue weighted by Crippen LogP contribution is 2.08. The normalized spacial score (nSPS) is 12.2. The SMILES string of the molecule is CCC(C)N(CCOC)C(=O)Cn1cccc1C(=O)O. The average Bonchev–Trinajstić information content (AvgIpc) is 2.87. The molecule has 1 aromatic heterocycles. The van der Waals surface area contributed by atoms with Gasteiger partial charge in [-0.25, -0.2) is 4.79 Å². The molecule has 1 aromatic rings. The molecule has 0 saturated heterocycles. The average molecular weight is 282 g/mol. The summed E-state index contributed by atoms with van der Waals surface area (Å²) in [5.41, 5.74) is 0.120. The van der Waals surface area contributed by atoms with Crippen molar-refractivity contribution in [1.29, 1.82) is 0 Å². The molecular weight excluding hydrogens is 260 g/mol. The molecular formula is C14H22N2O4. The summed E-state index contributed by atoms with van der Waals surface area (Å²) in [6.45, 7) is 4.99. The van der Waals surface area contributed by atoms with Gasteiger partial charge in [0.25, 0.3) is 0 Å². The smallest absolute Gasteiger partial charge is 0.352 e. The lowest BCUT2D eigenvalue weighted by Crippen LogP contribution is -2.42. The van der Waals surface area contributed by atoms with Gasteiger partial charge in [-0.15, -0.1) is 0 Å². The first-order valence-corrected chi connectivity index (χ1v) is 6.68. The third-order valence-electron chi connectivity index (χ3n) is 3.33. The van der Waals surface area contributed by atoms with Crippen molar-refractivity contribution in [3.05, 3.63) is 24.0 Å². The Hall–Kier alpha value is -1.82. The van der Waals surface area contributed by atoms with Gasteiger partial charge in [-0.3, -0.25) is 4.79 Å². The minimum absolute atomic E-state index is 0.0304. The van der Waals surface area contributed by atoms with E-state index in [2.05, 4.69) is 0 Å². The number of nitrogens with zero attached hydrogens (tertiary/aromatic N) is 2. The van der Waals surface area contributed by atoms with Crippen molar-refractivity contribution in [1.82, 2.24) is 9.47 Å². The van der Waals surface area contributed by atoms with Crippen LogP contribution in [-0.2, 0) is 16.1 Å². The van der Waals surface area contributed by atoms with Crippen LogP contribution in [0, 0.1) is 0 Å². The molecule has 1 rings (SSSR count). The minimum atomic E-state index is -1.03. The van der Waals surface area contributed by atoms with Gasteiger partial charge in [0.1, 0.15) is 12.2 Å². The van der Waals surface area contributed by atoms with Gasteiger partial charge in [0.05, 0.1) is 6.61 Å². The van der Waals surface area contributed by atoms with Gasteiger partial charge in [0.15, 0.2) is 0 Å². The number of methoxy groups -OCH3 is 1. The monoisotopic (exact) mass is 282 g/mol. The van der Waals surface area contributed by atoms with Crippen LogP contribution >= 0.6 is 0 Å². The number of amides is 1. The van der Waals surface area contributed by atoms with Crippen molar-refractivity contribution in [3.63, 3.8) is 0 Å². The molecule has 0 spiro atoms. The molecule has 0 aliphatic rings. The Bertz CT molecular complexity index is 456. The third kappa shape index (κ3) is 4.09. The van der Waals surface area contributed by atoms with Gasteiger partial charge >= 0.3 is 5.97 Å². The number of hydrogen-bond acceptors (Lipinski definition) is 3. The van der Waals surface area contributed by atoms with Crippen LogP contribution in [0.2, 0.25) is 0 Å². The summed E-state index contributed by atoms with van der Waals surface area (Å²) in [6, 6.07) is 3.21. The Kier molecular flexibility index (Phi) is 6.24. The van der Waals surface area contributed by atoms with Crippen LogP contribution in [0.15, 0.2) is 18.3 Å². The predicted molar refractivity (Wildman–Crippen MR) is 74.7 cm³/mol. The topological polar surface area (TPSA) is 71.8 Å². The van der Waals surface area contributed by atoms with E-state index in [0.29, 0.717) is 13.2 Å². The molecule has 1 heterocycles. The summed E-state index contributed by atoms with van der Waals surface area (Å²) < 4.78 is 6.47. The highest BCUT2D eigenvalue weighted by Gasteiger charge is 2.20. The van der Waals surface area contributed by atoms with E-state index in [9.17, 15) is 9.59 Å². The maximum atomic E-state index is 12.3. The lowest BCUT2D eigenvalue weighted by atomic mass is 10.2. The van der Waals surface area contributed by atoms with E-state index in [4.69, 9.17) is 9.84 Å². The molecule has 0 bridgehead atoms. The molecule has 1 amide bonds. The Balaban J connectivity index is 2.79. The van der Waals surface area contributed by atoms with Crippen LogP contribution in [0.1, 0.15) is 30.8 Å². The van der Waals surface area contributed by atoms with Gasteiger partial charge < -0.3 is 19.3 Å².